The predicted molar refractivity (Wildman–Crippen MR) is 111 cm³/mol. The number of ether oxygens (including phenoxy) is 1. The second-order valence-corrected chi connectivity index (χ2v) is 5.76. The summed E-state index contributed by atoms with van der Waals surface area (Å²) in [4.78, 5) is 10.9. The van der Waals surface area contributed by atoms with Crippen molar-refractivity contribution in [3.05, 3.63) is 60.8 Å². The van der Waals surface area contributed by atoms with Crippen LogP contribution in [0.5, 0.6) is 0 Å². The molecule has 0 amide bonds. The first kappa shape index (κ1) is 24.7. The Hall–Kier alpha value is -2.35. The minimum Gasteiger partial charge on any atom is -0.469 e. The summed E-state index contributed by atoms with van der Waals surface area (Å²) in [6.07, 6.45) is 21.2. The van der Waals surface area contributed by atoms with Crippen LogP contribution in [-0.2, 0) is 9.53 Å². The average molecular weight is 373 g/mol. The van der Waals surface area contributed by atoms with Crippen molar-refractivity contribution in [3.8, 4) is 11.8 Å². The molecule has 0 rings (SSSR count). The van der Waals surface area contributed by atoms with Crippen molar-refractivity contribution < 1.29 is 19.7 Å². The number of methoxy groups -OCH3 is 1. The standard InChI is InChI=1S/C23H32O4/c1-3-4-11-16-21(24)18-13-9-10-14-19-22(25)17-12-7-5-6-8-15-20-23(26)27-2/h4,6-12,14,19,21-22,24-25H,3,5,15-17,20H2,1-2H3/t21-,22+/m0/s1. The van der Waals surface area contributed by atoms with Crippen molar-refractivity contribution >= 4 is 5.97 Å². The zero-order valence-corrected chi connectivity index (χ0v) is 16.4. The van der Waals surface area contributed by atoms with Gasteiger partial charge in [0.25, 0.3) is 0 Å². The van der Waals surface area contributed by atoms with Crippen LogP contribution in [0.15, 0.2) is 60.8 Å². The number of hydrogen-bond donors (Lipinski definition) is 2. The van der Waals surface area contributed by atoms with Gasteiger partial charge in [0.05, 0.1) is 13.2 Å². The molecule has 0 heterocycles. The van der Waals surface area contributed by atoms with Gasteiger partial charge in [-0.05, 0) is 31.8 Å². The summed E-state index contributed by atoms with van der Waals surface area (Å²) >= 11 is 0. The Balaban J connectivity index is 3.91. The van der Waals surface area contributed by atoms with Crippen LogP contribution < -0.4 is 0 Å². The second-order valence-electron chi connectivity index (χ2n) is 5.76. The first-order chi connectivity index (χ1) is 13.1. The van der Waals surface area contributed by atoms with Crippen molar-refractivity contribution in [2.75, 3.05) is 7.11 Å². The fraction of sp³-hybridized carbons (Fsp3) is 0.435. The SMILES string of the molecule is CCC=CC[C@H](O)C#CC=CC=C[C@H](O)CC=CCC=CCCC(=O)OC. The molecule has 2 atom stereocenters. The third-order valence-corrected chi connectivity index (χ3v) is 3.36. The molecule has 0 unspecified atom stereocenters. The van der Waals surface area contributed by atoms with Crippen LogP contribution in [0.4, 0.5) is 0 Å². The van der Waals surface area contributed by atoms with Crippen LogP contribution in [0.3, 0.4) is 0 Å². The number of allylic oxidation sites excluding steroid dienone is 7. The zero-order chi connectivity index (χ0) is 20.2. The Morgan fingerprint density at radius 1 is 1.04 bits per heavy atom. The molecule has 0 aromatic heterocycles. The minimum absolute atomic E-state index is 0.203. The van der Waals surface area contributed by atoms with Gasteiger partial charge in [-0.3, -0.25) is 4.79 Å². The summed E-state index contributed by atoms with van der Waals surface area (Å²) in [7, 11) is 1.38. The summed E-state index contributed by atoms with van der Waals surface area (Å²) in [5.41, 5.74) is 0. The summed E-state index contributed by atoms with van der Waals surface area (Å²) < 4.78 is 4.56. The summed E-state index contributed by atoms with van der Waals surface area (Å²) in [6.45, 7) is 2.04. The van der Waals surface area contributed by atoms with E-state index in [-0.39, 0.29) is 5.97 Å². The average Bonchev–Trinajstić information content (AvgIpc) is 2.66. The van der Waals surface area contributed by atoms with E-state index >= 15 is 0 Å². The highest BCUT2D eigenvalue weighted by Crippen LogP contribution is 1.99. The smallest absolute Gasteiger partial charge is 0.305 e. The number of hydrogen-bond acceptors (Lipinski definition) is 4. The van der Waals surface area contributed by atoms with Gasteiger partial charge < -0.3 is 14.9 Å². The Kier molecular flexibility index (Phi) is 16.8. The Labute approximate surface area is 163 Å². The monoisotopic (exact) mass is 372 g/mol. The zero-order valence-electron chi connectivity index (χ0n) is 16.4. The fourth-order valence-electron chi connectivity index (χ4n) is 1.90. The van der Waals surface area contributed by atoms with E-state index in [4.69, 9.17) is 0 Å². The van der Waals surface area contributed by atoms with Crippen LogP contribution in [0.2, 0.25) is 0 Å². The van der Waals surface area contributed by atoms with Gasteiger partial charge in [-0.15, -0.1) is 0 Å². The molecular formula is C23H32O4. The van der Waals surface area contributed by atoms with Gasteiger partial charge in [0.1, 0.15) is 6.10 Å². The molecule has 4 heteroatoms. The van der Waals surface area contributed by atoms with Gasteiger partial charge >= 0.3 is 5.97 Å². The lowest BCUT2D eigenvalue weighted by Gasteiger charge is -1.98. The molecule has 0 radical (unpaired) electrons. The first-order valence-corrected chi connectivity index (χ1v) is 9.32. The number of aliphatic hydroxyl groups is 2. The van der Waals surface area contributed by atoms with Crippen molar-refractivity contribution in [2.45, 2.75) is 57.7 Å². The second kappa shape index (κ2) is 18.4. The minimum atomic E-state index is -0.647. The van der Waals surface area contributed by atoms with Crippen LogP contribution >= 0.6 is 0 Å². The normalized spacial score (nSPS) is 14.4. The Morgan fingerprint density at radius 3 is 2.52 bits per heavy atom. The van der Waals surface area contributed by atoms with Crippen LogP contribution in [0, 0.1) is 11.8 Å². The molecule has 4 nitrogen and oxygen atoms in total. The van der Waals surface area contributed by atoms with E-state index in [0.29, 0.717) is 25.7 Å². The molecule has 2 N–H and O–H groups in total. The molecule has 0 bridgehead atoms. The first-order valence-electron chi connectivity index (χ1n) is 9.32. The highest BCUT2D eigenvalue weighted by molar-refractivity contribution is 5.69. The van der Waals surface area contributed by atoms with Gasteiger partial charge in [-0.2, -0.15) is 0 Å². The van der Waals surface area contributed by atoms with E-state index in [2.05, 4.69) is 16.6 Å². The van der Waals surface area contributed by atoms with Gasteiger partial charge in [0.15, 0.2) is 0 Å². The highest BCUT2D eigenvalue weighted by Gasteiger charge is 1.95. The molecule has 0 saturated heterocycles. The number of aliphatic hydroxyl groups excluding tert-OH is 2. The molecule has 0 aromatic rings. The van der Waals surface area contributed by atoms with Crippen molar-refractivity contribution in [3.63, 3.8) is 0 Å². The van der Waals surface area contributed by atoms with Gasteiger partial charge in [-0.1, -0.05) is 73.4 Å². The van der Waals surface area contributed by atoms with E-state index in [1.54, 1.807) is 24.3 Å². The summed E-state index contributed by atoms with van der Waals surface area (Å²) in [5, 5.41) is 19.4. The number of esters is 1. The molecule has 0 aliphatic rings. The number of carbonyl (C=O) groups excluding carboxylic acids is 1. The maximum absolute atomic E-state index is 10.9. The lowest BCUT2D eigenvalue weighted by Crippen LogP contribution is -1.99. The highest BCUT2D eigenvalue weighted by atomic mass is 16.5. The Bertz CT molecular complexity index is 585. The van der Waals surface area contributed by atoms with Crippen LogP contribution in [0.1, 0.15) is 45.4 Å². The molecule has 0 aliphatic carbocycles. The quantitative estimate of drug-likeness (QED) is 0.235. The van der Waals surface area contributed by atoms with E-state index < -0.39 is 12.2 Å². The topological polar surface area (TPSA) is 66.8 Å². The van der Waals surface area contributed by atoms with Gasteiger partial charge in [-0.25, -0.2) is 0 Å². The number of carbonyl (C=O) groups is 1. The van der Waals surface area contributed by atoms with Gasteiger partial charge in [0, 0.05) is 12.8 Å². The summed E-state index contributed by atoms with van der Waals surface area (Å²) in [6, 6.07) is 0. The van der Waals surface area contributed by atoms with E-state index in [9.17, 15) is 15.0 Å². The van der Waals surface area contributed by atoms with E-state index in [0.717, 1.165) is 12.8 Å². The lowest BCUT2D eigenvalue weighted by atomic mass is 10.2. The molecule has 0 fully saturated rings. The molecular weight excluding hydrogens is 340 g/mol. The molecule has 27 heavy (non-hydrogen) atoms. The van der Waals surface area contributed by atoms with Crippen LogP contribution in [-0.4, -0.2) is 35.5 Å². The van der Waals surface area contributed by atoms with Crippen molar-refractivity contribution in [2.24, 2.45) is 0 Å². The predicted octanol–water partition coefficient (Wildman–Crippen LogP) is 4.03. The fourth-order valence-corrected chi connectivity index (χ4v) is 1.90. The molecule has 0 aromatic carbocycles. The summed E-state index contributed by atoms with van der Waals surface area (Å²) in [5.74, 6) is 5.30. The lowest BCUT2D eigenvalue weighted by molar-refractivity contribution is -0.140. The third kappa shape index (κ3) is 18.2. The molecule has 0 spiro atoms. The number of rotatable bonds is 12. The molecule has 148 valence electrons. The van der Waals surface area contributed by atoms with Crippen LogP contribution in [0.25, 0.3) is 0 Å². The van der Waals surface area contributed by atoms with Gasteiger partial charge in [0.2, 0.25) is 0 Å². The van der Waals surface area contributed by atoms with Crippen molar-refractivity contribution in [1.82, 2.24) is 0 Å². The molecule has 0 aliphatic heterocycles. The third-order valence-electron chi connectivity index (χ3n) is 3.36. The molecule has 0 saturated carbocycles. The Morgan fingerprint density at radius 2 is 1.78 bits per heavy atom. The van der Waals surface area contributed by atoms with E-state index in [1.807, 2.05) is 43.4 Å². The van der Waals surface area contributed by atoms with E-state index in [1.165, 1.54) is 7.11 Å². The van der Waals surface area contributed by atoms with Crippen molar-refractivity contribution in [1.29, 1.82) is 0 Å². The maximum atomic E-state index is 10.9. The maximum Gasteiger partial charge on any atom is 0.305 e. The largest absolute Gasteiger partial charge is 0.469 e.